The maximum atomic E-state index is 12.8. The summed E-state index contributed by atoms with van der Waals surface area (Å²) in [5.41, 5.74) is 1.65. The highest BCUT2D eigenvalue weighted by atomic mass is 16.5. The van der Waals surface area contributed by atoms with Gasteiger partial charge in [-0.2, -0.15) is 0 Å². The Morgan fingerprint density at radius 3 is 2.44 bits per heavy atom. The van der Waals surface area contributed by atoms with Crippen LogP contribution in [0.2, 0.25) is 0 Å². The molecule has 0 aliphatic carbocycles. The summed E-state index contributed by atoms with van der Waals surface area (Å²) >= 11 is 0. The van der Waals surface area contributed by atoms with Crippen molar-refractivity contribution < 1.29 is 14.6 Å². The SMILES string of the molecule is COc1ccc(C(=O)N2CCC(CO)(CN3CCCC3)CC2)cc1C. The highest BCUT2D eigenvalue weighted by Gasteiger charge is 2.37. The van der Waals surface area contributed by atoms with Crippen molar-refractivity contribution >= 4 is 5.91 Å². The van der Waals surface area contributed by atoms with Gasteiger partial charge in [0.05, 0.1) is 13.7 Å². The first-order valence-corrected chi connectivity index (χ1v) is 9.34. The van der Waals surface area contributed by atoms with E-state index in [9.17, 15) is 9.90 Å². The summed E-state index contributed by atoms with van der Waals surface area (Å²) in [5.74, 6) is 0.888. The van der Waals surface area contributed by atoms with Crippen LogP contribution in [0.25, 0.3) is 0 Å². The third kappa shape index (κ3) is 3.98. The number of hydrogen-bond donors (Lipinski definition) is 1. The summed E-state index contributed by atoms with van der Waals surface area (Å²) in [6.45, 7) is 6.88. The van der Waals surface area contributed by atoms with Crippen LogP contribution in [0.1, 0.15) is 41.6 Å². The predicted octanol–water partition coefficient (Wildman–Crippen LogP) is 2.31. The molecule has 2 heterocycles. The van der Waals surface area contributed by atoms with Crippen LogP contribution in [0.5, 0.6) is 5.75 Å². The van der Waals surface area contributed by atoms with Crippen LogP contribution in [0.15, 0.2) is 18.2 Å². The zero-order chi connectivity index (χ0) is 17.9. The second kappa shape index (κ2) is 7.75. The van der Waals surface area contributed by atoms with Crippen LogP contribution in [0.4, 0.5) is 0 Å². The second-order valence-corrected chi connectivity index (χ2v) is 7.62. The Bertz CT molecular complexity index is 603. The normalized spacial score (nSPS) is 20.7. The van der Waals surface area contributed by atoms with Crippen LogP contribution >= 0.6 is 0 Å². The number of methoxy groups -OCH3 is 1. The van der Waals surface area contributed by atoms with E-state index in [1.165, 1.54) is 12.8 Å². The number of carbonyl (C=O) groups excluding carboxylic acids is 1. The maximum absolute atomic E-state index is 12.8. The molecular formula is C20H30N2O3. The topological polar surface area (TPSA) is 53.0 Å². The van der Waals surface area contributed by atoms with Gasteiger partial charge in [0.2, 0.25) is 0 Å². The van der Waals surface area contributed by atoms with E-state index in [-0.39, 0.29) is 17.9 Å². The first kappa shape index (κ1) is 18.2. The molecule has 2 aliphatic heterocycles. The molecule has 0 bridgehead atoms. The third-order valence-corrected chi connectivity index (χ3v) is 5.85. The van der Waals surface area contributed by atoms with E-state index in [1.807, 2.05) is 30.0 Å². The number of aryl methyl sites for hydroxylation is 1. The fourth-order valence-corrected chi connectivity index (χ4v) is 4.16. The molecule has 2 aliphatic rings. The van der Waals surface area contributed by atoms with E-state index in [0.717, 1.165) is 56.9 Å². The molecule has 3 rings (SSSR count). The molecule has 0 radical (unpaired) electrons. The van der Waals surface area contributed by atoms with Gasteiger partial charge in [-0.3, -0.25) is 4.79 Å². The minimum atomic E-state index is -0.0447. The summed E-state index contributed by atoms with van der Waals surface area (Å²) in [6, 6.07) is 5.60. The summed E-state index contributed by atoms with van der Waals surface area (Å²) in [6.07, 6.45) is 4.29. The lowest BCUT2D eigenvalue weighted by atomic mass is 9.78. The van der Waals surface area contributed by atoms with E-state index in [4.69, 9.17) is 4.74 Å². The van der Waals surface area contributed by atoms with Crippen LogP contribution < -0.4 is 4.74 Å². The Hall–Kier alpha value is -1.59. The van der Waals surface area contributed by atoms with E-state index in [1.54, 1.807) is 7.11 Å². The van der Waals surface area contributed by atoms with Crippen LogP contribution in [0, 0.1) is 12.3 Å². The predicted molar refractivity (Wildman–Crippen MR) is 98.1 cm³/mol. The Labute approximate surface area is 150 Å². The summed E-state index contributed by atoms with van der Waals surface area (Å²) < 4.78 is 5.27. The number of benzene rings is 1. The Kier molecular flexibility index (Phi) is 5.64. The van der Waals surface area contributed by atoms with Gasteiger partial charge in [0, 0.05) is 30.6 Å². The standard InChI is InChI=1S/C20H30N2O3/c1-16-13-17(5-6-18(16)25-2)19(24)22-11-7-20(15-23,8-12-22)14-21-9-3-4-10-21/h5-6,13,23H,3-4,7-12,14-15H2,1-2H3. The molecule has 2 saturated heterocycles. The fourth-order valence-electron chi connectivity index (χ4n) is 4.16. The van der Waals surface area contributed by atoms with E-state index < -0.39 is 0 Å². The molecule has 0 spiro atoms. The van der Waals surface area contributed by atoms with Gasteiger partial charge in [-0.25, -0.2) is 0 Å². The molecule has 2 fully saturated rings. The number of rotatable bonds is 5. The first-order chi connectivity index (χ1) is 12.1. The number of nitrogens with zero attached hydrogens (tertiary/aromatic N) is 2. The number of ether oxygens (including phenoxy) is 1. The molecule has 138 valence electrons. The molecule has 0 atom stereocenters. The molecule has 1 N–H and O–H groups in total. The molecule has 5 nitrogen and oxygen atoms in total. The van der Waals surface area contributed by atoms with E-state index in [2.05, 4.69) is 4.90 Å². The highest BCUT2D eigenvalue weighted by molar-refractivity contribution is 5.94. The lowest BCUT2D eigenvalue weighted by Gasteiger charge is -2.42. The minimum Gasteiger partial charge on any atom is -0.496 e. The van der Waals surface area contributed by atoms with Gasteiger partial charge in [-0.1, -0.05) is 0 Å². The highest BCUT2D eigenvalue weighted by Crippen LogP contribution is 2.33. The molecule has 25 heavy (non-hydrogen) atoms. The number of aliphatic hydroxyl groups is 1. The first-order valence-electron chi connectivity index (χ1n) is 9.34. The third-order valence-electron chi connectivity index (χ3n) is 5.85. The number of aliphatic hydroxyl groups excluding tert-OH is 1. The van der Waals surface area contributed by atoms with Gasteiger partial charge in [-0.05, 0) is 69.5 Å². The Balaban J connectivity index is 1.62. The van der Waals surface area contributed by atoms with Gasteiger partial charge < -0.3 is 19.6 Å². The number of hydrogen-bond acceptors (Lipinski definition) is 4. The number of carbonyl (C=O) groups is 1. The largest absolute Gasteiger partial charge is 0.496 e. The minimum absolute atomic E-state index is 0.0447. The maximum Gasteiger partial charge on any atom is 0.253 e. The average molecular weight is 346 g/mol. The van der Waals surface area contributed by atoms with Gasteiger partial charge >= 0.3 is 0 Å². The van der Waals surface area contributed by atoms with Crippen molar-refractivity contribution in [2.45, 2.75) is 32.6 Å². The molecule has 1 aromatic rings. The molecular weight excluding hydrogens is 316 g/mol. The van der Waals surface area contributed by atoms with Crippen molar-refractivity contribution in [2.24, 2.45) is 5.41 Å². The van der Waals surface area contributed by atoms with Gasteiger partial charge in [0.1, 0.15) is 5.75 Å². The fraction of sp³-hybridized carbons (Fsp3) is 0.650. The summed E-state index contributed by atoms with van der Waals surface area (Å²) in [7, 11) is 1.64. The number of likely N-dealkylation sites (tertiary alicyclic amines) is 2. The molecule has 0 aromatic heterocycles. The lowest BCUT2D eigenvalue weighted by Crippen LogP contribution is -2.49. The Morgan fingerprint density at radius 1 is 1.20 bits per heavy atom. The van der Waals surface area contributed by atoms with Gasteiger partial charge in [-0.15, -0.1) is 0 Å². The number of amides is 1. The van der Waals surface area contributed by atoms with E-state index >= 15 is 0 Å². The molecule has 0 saturated carbocycles. The average Bonchev–Trinajstić information content (AvgIpc) is 3.14. The van der Waals surface area contributed by atoms with Crippen molar-refractivity contribution in [1.29, 1.82) is 0 Å². The summed E-state index contributed by atoms with van der Waals surface area (Å²) in [5, 5.41) is 9.99. The number of piperidine rings is 1. The molecule has 5 heteroatoms. The lowest BCUT2D eigenvalue weighted by molar-refractivity contribution is 0.0179. The molecule has 1 amide bonds. The van der Waals surface area contributed by atoms with Crippen LogP contribution in [-0.4, -0.2) is 67.3 Å². The molecule has 1 aromatic carbocycles. The van der Waals surface area contributed by atoms with Crippen molar-refractivity contribution in [3.8, 4) is 5.75 Å². The molecule has 0 unspecified atom stereocenters. The van der Waals surface area contributed by atoms with Crippen LogP contribution in [-0.2, 0) is 0 Å². The van der Waals surface area contributed by atoms with E-state index in [0.29, 0.717) is 5.56 Å². The Morgan fingerprint density at radius 2 is 1.88 bits per heavy atom. The van der Waals surface area contributed by atoms with Crippen molar-refractivity contribution in [2.75, 3.05) is 46.4 Å². The van der Waals surface area contributed by atoms with Crippen molar-refractivity contribution in [3.05, 3.63) is 29.3 Å². The monoisotopic (exact) mass is 346 g/mol. The quantitative estimate of drug-likeness (QED) is 0.889. The zero-order valence-electron chi connectivity index (χ0n) is 15.5. The van der Waals surface area contributed by atoms with Crippen LogP contribution in [0.3, 0.4) is 0 Å². The second-order valence-electron chi connectivity index (χ2n) is 7.62. The van der Waals surface area contributed by atoms with Crippen molar-refractivity contribution in [3.63, 3.8) is 0 Å². The zero-order valence-corrected chi connectivity index (χ0v) is 15.5. The van der Waals surface area contributed by atoms with Gasteiger partial charge in [0.15, 0.2) is 0 Å². The summed E-state index contributed by atoms with van der Waals surface area (Å²) in [4.78, 5) is 17.2. The van der Waals surface area contributed by atoms with Crippen molar-refractivity contribution in [1.82, 2.24) is 9.80 Å². The smallest absolute Gasteiger partial charge is 0.253 e. The van der Waals surface area contributed by atoms with Gasteiger partial charge in [0.25, 0.3) is 5.91 Å².